The molecule has 1 aliphatic heterocycles. The van der Waals surface area contributed by atoms with E-state index in [1.807, 2.05) is 13.8 Å². The van der Waals surface area contributed by atoms with Gasteiger partial charge in [0.25, 0.3) is 5.91 Å². The van der Waals surface area contributed by atoms with Crippen LogP contribution in [0.1, 0.15) is 37.6 Å². The third-order valence-electron chi connectivity index (χ3n) is 3.95. The van der Waals surface area contributed by atoms with Crippen molar-refractivity contribution in [2.24, 2.45) is 0 Å². The molecule has 0 spiro atoms. The van der Waals surface area contributed by atoms with E-state index in [0.717, 1.165) is 0 Å². The summed E-state index contributed by atoms with van der Waals surface area (Å²) < 4.78 is 5.40. The third-order valence-corrected chi connectivity index (χ3v) is 3.95. The maximum absolute atomic E-state index is 12.3. The molecule has 6 heteroatoms. The molecule has 0 aromatic heterocycles. The summed E-state index contributed by atoms with van der Waals surface area (Å²) in [4.78, 5) is 39.5. The van der Waals surface area contributed by atoms with Gasteiger partial charge in [-0.25, -0.2) is 0 Å². The Morgan fingerprint density at radius 3 is 2.52 bits per heavy atom. The molecule has 0 saturated carbocycles. The second-order valence-electron chi connectivity index (χ2n) is 5.29. The van der Waals surface area contributed by atoms with Crippen LogP contribution in [0.2, 0.25) is 0 Å². The molecule has 0 atom stereocenters. The Bertz CT molecular complexity index is 623. The molecule has 0 N–H and O–H groups in total. The fraction of sp³-hybridized carbons (Fsp3) is 0.471. The van der Waals surface area contributed by atoms with Crippen molar-refractivity contribution in [3.8, 4) is 5.75 Å². The standard InChI is InChI=1S/C17H22N2O4/c1-4-14(20)12-7-8-15-13(9-12)19(17(22)11-23-15)10-16(21)18(5-2)6-3/h7-9H,4-6,10-11H2,1-3H3. The van der Waals surface area contributed by atoms with Gasteiger partial charge in [-0.15, -0.1) is 0 Å². The molecule has 0 aliphatic carbocycles. The largest absolute Gasteiger partial charge is 0.482 e. The van der Waals surface area contributed by atoms with Gasteiger partial charge >= 0.3 is 0 Å². The van der Waals surface area contributed by atoms with E-state index in [1.54, 1.807) is 30.0 Å². The lowest BCUT2D eigenvalue weighted by molar-refractivity contribution is -0.131. The molecule has 1 aliphatic rings. The topological polar surface area (TPSA) is 66.9 Å². The first kappa shape index (κ1) is 17.0. The van der Waals surface area contributed by atoms with Gasteiger partial charge in [-0.05, 0) is 32.0 Å². The molecule has 0 saturated heterocycles. The monoisotopic (exact) mass is 318 g/mol. The lowest BCUT2D eigenvalue weighted by Gasteiger charge is -2.31. The maximum Gasteiger partial charge on any atom is 0.265 e. The minimum atomic E-state index is -0.279. The van der Waals surface area contributed by atoms with Crippen LogP contribution in [0.25, 0.3) is 0 Å². The van der Waals surface area contributed by atoms with Crippen LogP contribution in [0.3, 0.4) is 0 Å². The van der Waals surface area contributed by atoms with Crippen LogP contribution in [-0.2, 0) is 9.59 Å². The van der Waals surface area contributed by atoms with E-state index in [4.69, 9.17) is 4.74 Å². The number of hydrogen-bond donors (Lipinski definition) is 0. The summed E-state index contributed by atoms with van der Waals surface area (Å²) in [6, 6.07) is 5.00. The molecule has 1 heterocycles. The zero-order valence-corrected chi connectivity index (χ0v) is 13.8. The molecule has 0 radical (unpaired) electrons. The highest BCUT2D eigenvalue weighted by atomic mass is 16.5. The van der Waals surface area contributed by atoms with Crippen molar-refractivity contribution in [1.82, 2.24) is 4.90 Å². The minimum absolute atomic E-state index is 0.0131. The lowest BCUT2D eigenvalue weighted by Crippen LogP contribution is -2.46. The van der Waals surface area contributed by atoms with Crippen LogP contribution in [-0.4, -0.2) is 48.7 Å². The number of fused-ring (bicyclic) bond motifs is 1. The Balaban J connectivity index is 2.32. The van der Waals surface area contributed by atoms with E-state index in [9.17, 15) is 14.4 Å². The van der Waals surface area contributed by atoms with E-state index in [2.05, 4.69) is 0 Å². The SMILES string of the molecule is CCC(=O)c1ccc2c(c1)N(CC(=O)N(CC)CC)C(=O)CO2. The summed E-state index contributed by atoms with van der Waals surface area (Å²) in [5, 5.41) is 0. The Morgan fingerprint density at radius 1 is 1.22 bits per heavy atom. The number of carbonyl (C=O) groups is 3. The maximum atomic E-state index is 12.3. The summed E-state index contributed by atoms with van der Waals surface area (Å²) >= 11 is 0. The van der Waals surface area contributed by atoms with E-state index >= 15 is 0 Å². The number of ether oxygens (including phenoxy) is 1. The number of likely N-dealkylation sites (N-methyl/N-ethyl adjacent to an activating group) is 1. The summed E-state index contributed by atoms with van der Waals surface area (Å²) in [7, 11) is 0. The minimum Gasteiger partial charge on any atom is -0.482 e. The molecular formula is C17H22N2O4. The number of Topliss-reactive ketones (excluding diaryl/α,β-unsaturated/α-hetero) is 1. The van der Waals surface area contributed by atoms with E-state index in [0.29, 0.717) is 36.5 Å². The normalized spacial score (nSPS) is 13.3. The second kappa shape index (κ2) is 7.26. The predicted molar refractivity (Wildman–Crippen MR) is 86.8 cm³/mol. The lowest BCUT2D eigenvalue weighted by atomic mass is 10.1. The number of anilines is 1. The van der Waals surface area contributed by atoms with Crippen LogP contribution in [0.5, 0.6) is 5.75 Å². The number of hydrogen-bond acceptors (Lipinski definition) is 4. The summed E-state index contributed by atoms with van der Waals surface area (Å²) in [6.07, 6.45) is 0.381. The van der Waals surface area contributed by atoms with Gasteiger partial charge in [0.2, 0.25) is 5.91 Å². The number of nitrogens with zero attached hydrogens (tertiary/aromatic N) is 2. The molecule has 0 bridgehead atoms. The van der Waals surface area contributed by atoms with Crippen LogP contribution >= 0.6 is 0 Å². The van der Waals surface area contributed by atoms with Gasteiger partial charge in [-0.3, -0.25) is 19.3 Å². The summed E-state index contributed by atoms with van der Waals surface area (Å²) in [5.74, 6) is 0.105. The zero-order valence-electron chi connectivity index (χ0n) is 13.8. The predicted octanol–water partition coefficient (Wildman–Crippen LogP) is 1.87. The smallest absolute Gasteiger partial charge is 0.265 e. The molecule has 0 fully saturated rings. The van der Waals surface area contributed by atoms with Crippen molar-refractivity contribution >= 4 is 23.3 Å². The Hall–Kier alpha value is -2.37. The molecular weight excluding hydrogens is 296 g/mol. The number of carbonyl (C=O) groups excluding carboxylic acids is 3. The zero-order chi connectivity index (χ0) is 17.0. The van der Waals surface area contributed by atoms with Crippen molar-refractivity contribution < 1.29 is 19.1 Å². The van der Waals surface area contributed by atoms with Crippen molar-refractivity contribution in [1.29, 1.82) is 0 Å². The van der Waals surface area contributed by atoms with Crippen molar-refractivity contribution in [2.75, 3.05) is 31.1 Å². The number of benzene rings is 1. The molecule has 1 aromatic rings. The van der Waals surface area contributed by atoms with Gasteiger partial charge in [0, 0.05) is 25.1 Å². The Labute approximate surface area is 136 Å². The van der Waals surface area contributed by atoms with Gasteiger partial charge in [0.1, 0.15) is 12.3 Å². The molecule has 0 unspecified atom stereocenters. The molecule has 1 aromatic carbocycles. The first-order valence-electron chi connectivity index (χ1n) is 7.89. The van der Waals surface area contributed by atoms with Gasteiger partial charge in [-0.2, -0.15) is 0 Å². The summed E-state index contributed by atoms with van der Waals surface area (Å²) in [6.45, 7) is 6.62. The van der Waals surface area contributed by atoms with Gasteiger partial charge in [0.05, 0.1) is 5.69 Å². The van der Waals surface area contributed by atoms with Crippen molar-refractivity contribution in [3.63, 3.8) is 0 Å². The van der Waals surface area contributed by atoms with E-state index in [-0.39, 0.29) is 30.7 Å². The highest BCUT2D eigenvalue weighted by molar-refractivity contribution is 6.04. The van der Waals surface area contributed by atoms with Gasteiger partial charge in [-0.1, -0.05) is 6.92 Å². The molecule has 6 nitrogen and oxygen atoms in total. The van der Waals surface area contributed by atoms with E-state index < -0.39 is 0 Å². The number of amides is 2. The fourth-order valence-corrected chi connectivity index (χ4v) is 2.56. The van der Waals surface area contributed by atoms with E-state index in [1.165, 1.54) is 4.90 Å². The molecule has 23 heavy (non-hydrogen) atoms. The molecule has 2 rings (SSSR count). The number of ketones is 1. The van der Waals surface area contributed by atoms with Crippen molar-refractivity contribution in [3.05, 3.63) is 23.8 Å². The van der Waals surface area contributed by atoms with Crippen molar-refractivity contribution in [2.45, 2.75) is 27.2 Å². The van der Waals surface area contributed by atoms with Gasteiger partial charge in [0.15, 0.2) is 12.4 Å². The highest BCUT2D eigenvalue weighted by Gasteiger charge is 2.29. The average molecular weight is 318 g/mol. The Kier molecular flexibility index (Phi) is 5.36. The highest BCUT2D eigenvalue weighted by Crippen LogP contribution is 2.33. The van der Waals surface area contributed by atoms with Crippen LogP contribution < -0.4 is 9.64 Å². The van der Waals surface area contributed by atoms with Crippen LogP contribution in [0.4, 0.5) is 5.69 Å². The quantitative estimate of drug-likeness (QED) is 0.751. The molecule has 124 valence electrons. The number of rotatable bonds is 6. The van der Waals surface area contributed by atoms with Crippen LogP contribution in [0.15, 0.2) is 18.2 Å². The first-order valence-corrected chi connectivity index (χ1v) is 7.89. The fourth-order valence-electron chi connectivity index (χ4n) is 2.56. The van der Waals surface area contributed by atoms with Gasteiger partial charge < -0.3 is 9.64 Å². The Morgan fingerprint density at radius 2 is 1.91 bits per heavy atom. The van der Waals surface area contributed by atoms with Crippen LogP contribution in [0, 0.1) is 0 Å². The summed E-state index contributed by atoms with van der Waals surface area (Å²) in [5.41, 5.74) is 1.01. The molecule has 2 amide bonds. The average Bonchev–Trinajstić information content (AvgIpc) is 2.57. The first-order chi connectivity index (χ1) is 11.0. The second-order valence-corrected chi connectivity index (χ2v) is 5.29. The third kappa shape index (κ3) is 3.52.